The lowest BCUT2D eigenvalue weighted by molar-refractivity contribution is -0.122. The molecule has 1 heterocycles. The van der Waals surface area contributed by atoms with Crippen LogP contribution in [0.1, 0.15) is 6.42 Å². The molecule has 1 saturated heterocycles. The Hall–Kier alpha value is -1.30. The van der Waals surface area contributed by atoms with Crippen LogP contribution in [-0.2, 0) is 4.79 Å². The molecule has 0 unspecified atom stereocenters. The summed E-state index contributed by atoms with van der Waals surface area (Å²) in [6.45, 7) is 1.08. The minimum Gasteiger partial charge on any atom is -0.465 e. The summed E-state index contributed by atoms with van der Waals surface area (Å²) in [6, 6.07) is -0.0323. The lowest BCUT2D eigenvalue weighted by atomic mass is 10.1. The van der Waals surface area contributed by atoms with Crippen LogP contribution in [0.3, 0.4) is 0 Å². The van der Waals surface area contributed by atoms with Crippen molar-refractivity contribution in [1.29, 1.82) is 0 Å². The van der Waals surface area contributed by atoms with Gasteiger partial charge in [0.15, 0.2) is 0 Å². The molecule has 0 bridgehead atoms. The highest BCUT2D eigenvalue weighted by Crippen LogP contribution is 2.07. The van der Waals surface area contributed by atoms with Crippen molar-refractivity contribution < 1.29 is 14.7 Å². The van der Waals surface area contributed by atoms with E-state index >= 15 is 0 Å². The van der Waals surface area contributed by atoms with Crippen molar-refractivity contribution in [3.05, 3.63) is 0 Å². The van der Waals surface area contributed by atoms with Crippen LogP contribution in [0.25, 0.3) is 0 Å². The fourth-order valence-electron chi connectivity index (χ4n) is 1.16. The zero-order chi connectivity index (χ0) is 9.84. The monoisotopic (exact) mass is 187 g/mol. The Labute approximate surface area is 75.7 Å². The van der Waals surface area contributed by atoms with E-state index in [2.05, 4.69) is 5.32 Å². The molecule has 74 valence electrons. The number of rotatable bonds is 3. The van der Waals surface area contributed by atoms with Crippen molar-refractivity contribution >= 4 is 12.0 Å². The molecule has 2 amide bonds. The number of carbonyl (C=O) groups excluding carboxylic acids is 1. The fourth-order valence-corrected chi connectivity index (χ4v) is 1.16. The second-order valence-electron chi connectivity index (χ2n) is 2.99. The van der Waals surface area contributed by atoms with Gasteiger partial charge in [0, 0.05) is 26.1 Å². The molecule has 13 heavy (non-hydrogen) atoms. The van der Waals surface area contributed by atoms with Crippen molar-refractivity contribution in [2.24, 2.45) is 5.73 Å². The molecule has 0 aliphatic carbocycles. The first-order chi connectivity index (χ1) is 6.13. The summed E-state index contributed by atoms with van der Waals surface area (Å²) in [5, 5.41) is 11.2. The Morgan fingerprint density at radius 1 is 1.54 bits per heavy atom. The SMILES string of the molecule is NCCC(=O)NC1CN(C(=O)O)C1. The first kappa shape index (κ1) is 9.79. The fraction of sp³-hybridized carbons (Fsp3) is 0.714. The third-order valence-corrected chi connectivity index (χ3v) is 1.89. The molecule has 1 aliphatic heterocycles. The maximum Gasteiger partial charge on any atom is 0.407 e. The van der Waals surface area contributed by atoms with Gasteiger partial charge in [0.05, 0.1) is 6.04 Å². The number of likely N-dealkylation sites (tertiary alicyclic amines) is 1. The van der Waals surface area contributed by atoms with Crippen molar-refractivity contribution in [2.75, 3.05) is 19.6 Å². The molecule has 0 aromatic rings. The van der Waals surface area contributed by atoms with Crippen LogP contribution in [0.5, 0.6) is 0 Å². The van der Waals surface area contributed by atoms with Crippen molar-refractivity contribution in [1.82, 2.24) is 10.2 Å². The van der Waals surface area contributed by atoms with Gasteiger partial charge in [-0.15, -0.1) is 0 Å². The van der Waals surface area contributed by atoms with E-state index in [1.54, 1.807) is 0 Å². The summed E-state index contributed by atoms with van der Waals surface area (Å²) in [5.41, 5.74) is 5.17. The maximum absolute atomic E-state index is 11.0. The van der Waals surface area contributed by atoms with Crippen LogP contribution in [0.2, 0.25) is 0 Å². The third kappa shape index (κ3) is 2.59. The molecule has 6 heteroatoms. The van der Waals surface area contributed by atoms with Crippen LogP contribution >= 0.6 is 0 Å². The van der Waals surface area contributed by atoms with Gasteiger partial charge in [-0.2, -0.15) is 0 Å². The van der Waals surface area contributed by atoms with Crippen LogP contribution in [0.15, 0.2) is 0 Å². The number of nitrogens with zero attached hydrogens (tertiary/aromatic N) is 1. The summed E-state index contributed by atoms with van der Waals surface area (Å²) in [7, 11) is 0. The molecule has 0 aromatic carbocycles. The summed E-state index contributed by atoms with van der Waals surface area (Å²) < 4.78 is 0. The first-order valence-electron chi connectivity index (χ1n) is 4.10. The molecule has 0 radical (unpaired) electrons. The minimum absolute atomic E-state index is 0.0323. The molecular weight excluding hydrogens is 174 g/mol. The normalized spacial score (nSPS) is 16.5. The van der Waals surface area contributed by atoms with Crippen LogP contribution in [0, 0.1) is 0 Å². The summed E-state index contributed by atoms with van der Waals surface area (Å²) >= 11 is 0. The minimum atomic E-state index is -0.940. The van der Waals surface area contributed by atoms with E-state index in [1.165, 1.54) is 4.90 Å². The number of hydrogen-bond acceptors (Lipinski definition) is 3. The average molecular weight is 187 g/mol. The van der Waals surface area contributed by atoms with Crippen molar-refractivity contribution in [3.8, 4) is 0 Å². The van der Waals surface area contributed by atoms with Gasteiger partial charge in [-0.1, -0.05) is 0 Å². The van der Waals surface area contributed by atoms with Gasteiger partial charge >= 0.3 is 6.09 Å². The van der Waals surface area contributed by atoms with E-state index in [0.717, 1.165) is 0 Å². The molecule has 0 spiro atoms. The molecule has 4 N–H and O–H groups in total. The number of carbonyl (C=O) groups is 2. The average Bonchev–Trinajstić information content (AvgIpc) is 1.95. The van der Waals surface area contributed by atoms with Crippen LogP contribution < -0.4 is 11.1 Å². The van der Waals surface area contributed by atoms with E-state index < -0.39 is 6.09 Å². The van der Waals surface area contributed by atoms with Gasteiger partial charge in [0.25, 0.3) is 0 Å². The largest absolute Gasteiger partial charge is 0.465 e. The number of nitrogens with one attached hydrogen (secondary N) is 1. The molecule has 0 aromatic heterocycles. The molecular formula is C7H13N3O3. The highest BCUT2D eigenvalue weighted by molar-refractivity contribution is 5.77. The quantitative estimate of drug-likeness (QED) is 0.518. The number of amides is 2. The van der Waals surface area contributed by atoms with Gasteiger partial charge in [0.1, 0.15) is 0 Å². The summed E-state index contributed by atoms with van der Waals surface area (Å²) in [6.07, 6.45) is -0.645. The topological polar surface area (TPSA) is 95.7 Å². The van der Waals surface area contributed by atoms with E-state index in [9.17, 15) is 9.59 Å². The summed E-state index contributed by atoms with van der Waals surface area (Å²) in [5.74, 6) is -0.113. The highest BCUT2D eigenvalue weighted by atomic mass is 16.4. The van der Waals surface area contributed by atoms with Crippen molar-refractivity contribution in [2.45, 2.75) is 12.5 Å². The Balaban J connectivity index is 2.14. The Morgan fingerprint density at radius 3 is 2.62 bits per heavy atom. The lowest BCUT2D eigenvalue weighted by Gasteiger charge is -2.37. The lowest BCUT2D eigenvalue weighted by Crippen LogP contribution is -2.60. The van der Waals surface area contributed by atoms with E-state index in [4.69, 9.17) is 10.8 Å². The van der Waals surface area contributed by atoms with E-state index in [-0.39, 0.29) is 11.9 Å². The molecule has 0 saturated carbocycles. The maximum atomic E-state index is 11.0. The second-order valence-corrected chi connectivity index (χ2v) is 2.99. The molecule has 1 aliphatic rings. The number of carboxylic acid groups (broad SMARTS) is 1. The van der Waals surface area contributed by atoms with Gasteiger partial charge in [0.2, 0.25) is 5.91 Å². The number of nitrogens with two attached hydrogens (primary N) is 1. The smallest absolute Gasteiger partial charge is 0.407 e. The van der Waals surface area contributed by atoms with Crippen LogP contribution in [0.4, 0.5) is 4.79 Å². The standard InChI is InChI=1S/C7H13N3O3/c8-2-1-6(11)9-5-3-10(4-5)7(12)13/h5H,1-4,8H2,(H,9,11)(H,12,13). The molecule has 6 nitrogen and oxygen atoms in total. The van der Waals surface area contributed by atoms with Gasteiger partial charge in [-0.25, -0.2) is 4.79 Å². The Bertz CT molecular complexity index is 213. The highest BCUT2D eigenvalue weighted by Gasteiger charge is 2.30. The van der Waals surface area contributed by atoms with Gasteiger partial charge in [-0.05, 0) is 0 Å². The zero-order valence-electron chi connectivity index (χ0n) is 7.19. The summed E-state index contributed by atoms with van der Waals surface area (Å²) in [4.78, 5) is 22.5. The first-order valence-corrected chi connectivity index (χ1v) is 4.10. The van der Waals surface area contributed by atoms with Gasteiger partial charge < -0.3 is 21.1 Å². The Morgan fingerprint density at radius 2 is 2.15 bits per heavy atom. The third-order valence-electron chi connectivity index (χ3n) is 1.89. The zero-order valence-corrected chi connectivity index (χ0v) is 7.19. The molecule has 1 fully saturated rings. The van der Waals surface area contributed by atoms with E-state index in [0.29, 0.717) is 26.1 Å². The molecule has 1 rings (SSSR count). The molecule has 0 atom stereocenters. The van der Waals surface area contributed by atoms with Crippen LogP contribution in [-0.4, -0.2) is 47.7 Å². The van der Waals surface area contributed by atoms with Crippen molar-refractivity contribution in [3.63, 3.8) is 0 Å². The number of hydrogen-bond donors (Lipinski definition) is 3. The predicted octanol–water partition coefficient (Wildman–Crippen LogP) is -1.19. The Kier molecular flexibility index (Phi) is 3.07. The van der Waals surface area contributed by atoms with E-state index in [1.807, 2.05) is 0 Å². The van der Waals surface area contributed by atoms with Gasteiger partial charge in [-0.3, -0.25) is 4.79 Å². The predicted molar refractivity (Wildman–Crippen MR) is 45.2 cm³/mol. The second kappa shape index (κ2) is 4.08.